The Morgan fingerprint density at radius 3 is 1.93 bits per heavy atom. The Balaban J connectivity index is 2.67. The van der Waals surface area contributed by atoms with E-state index in [4.69, 9.17) is 9.47 Å². The number of hydrogen-bond donors (Lipinski definition) is 1. The molecule has 1 aliphatic heterocycles. The highest BCUT2D eigenvalue weighted by molar-refractivity contribution is 4.90. The molecule has 0 aromatic heterocycles. The maximum absolute atomic E-state index is 10.0. The maximum Gasteiger partial charge on any atom is 0.166 e. The third-order valence-electron chi connectivity index (χ3n) is 3.32. The normalized spacial score (nSPS) is 22.7. The largest absolute Gasteiger partial charge is 0.390 e. The molecule has 0 spiro atoms. The van der Waals surface area contributed by atoms with Gasteiger partial charge in [-0.15, -0.1) is 0 Å². The summed E-state index contributed by atoms with van der Waals surface area (Å²) in [5.74, 6) is -0.524. The van der Waals surface area contributed by atoms with Gasteiger partial charge in [0.25, 0.3) is 0 Å². The van der Waals surface area contributed by atoms with Gasteiger partial charge >= 0.3 is 0 Å². The lowest BCUT2D eigenvalue weighted by Gasteiger charge is -2.41. The van der Waals surface area contributed by atoms with Crippen LogP contribution in [0.3, 0.4) is 0 Å². The summed E-state index contributed by atoms with van der Waals surface area (Å²) in [7, 11) is 0. The van der Waals surface area contributed by atoms with Crippen LogP contribution >= 0.6 is 0 Å². The van der Waals surface area contributed by atoms with Crippen molar-refractivity contribution in [2.24, 2.45) is 5.41 Å². The van der Waals surface area contributed by atoms with Crippen molar-refractivity contribution in [3.63, 3.8) is 0 Å². The molecule has 0 unspecified atom stereocenters. The molecule has 1 fully saturated rings. The van der Waals surface area contributed by atoms with Crippen molar-refractivity contribution in [3.8, 4) is 0 Å². The van der Waals surface area contributed by atoms with Gasteiger partial charge in [-0.05, 0) is 26.2 Å². The molecule has 3 heteroatoms. The zero-order valence-electron chi connectivity index (χ0n) is 9.89. The maximum atomic E-state index is 10.0. The molecule has 3 nitrogen and oxygen atoms in total. The third-order valence-corrected chi connectivity index (χ3v) is 3.32. The Kier molecular flexibility index (Phi) is 2.96. The summed E-state index contributed by atoms with van der Waals surface area (Å²) < 4.78 is 11.1. The van der Waals surface area contributed by atoms with Crippen LogP contribution in [0.1, 0.15) is 41.0 Å². The van der Waals surface area contributed by atoms with Crippen molar-refractivity contribution < 1.29 is 14.6 Å². The minimum Gasteiger partial charge on any atom is -0.390 e. The van der Waals surface area contributed by atoms with Gasteiger partial charge in [0.2, 0.25) is 0 Å². The van der Waals surface area contributed by atoms with E-state index in [1.807, 2.05) is 34.6 Å². The smallest absolute Gasteiger partial charge is 0.166 e. The van der Waals surface area contributed by atoms with E-state index in [1.54, 1.807) is 0 Å². The lowest BCUT2D eigenvalue weighted by atomic mass is 9.73. The fraction of sp³-hybridized carbons (Fsp3) is 1.00. The van der Waals surface area contributed by atoms with Gasteiger partial charge in [-0.3, -0.25) is 0 Å². The summed E-state index contributed by atoms with van der Waals surface area (Å²) in [5, 5.41) is 10.0. The van der Waals surface area contributed by atoms with E-state index in [0.717, 1.165) is 0 Å². The first kappa shape index (κ1) is 12.0. The van der Waals surface area contributed by atoms with Crippen LogP contribution in [-0.2, 0) is 9.47 Å². The lowest BCUT2D eigenvalue weighted by Crippen LogP contribution is -2.45. The van der Waals surface area contributed by atoms with Gasteiger partial charge in [0.1, 0.15) is 0 Å². The van der Waals surface area contributed by atoms with Crippen LogP contribution in [0.25, 0.3) is 0 Å². The minimum atomic E-state index is -0.731. The summed E-state index contributed by atoms with van der Waals surface area (Å²) in [6.45, 7) is 11.0. The Morgan fingerprint density at radius 2 is 1.57 bits per heavy atom. The van der Waals surface area contributed by atoms with Gasteiger partial charge < -0.3 is 14.6 Å². The Hall–Kier alpha value is -0.120. The van der Waals surface area contributed by atoms with Crippen LogP contribution in [0.2, 0.25) is 0 Å². The van der Waals surface area contributed by atoms with Gasteiger partial charge in [-0.2, -0.15) is 0 Å². The second-order valence-corrected chi connectivity index (χ2v) is 5.45. The van der Waals surface area contributed by atoms with E-state index in [9.17, 15) is 5.11 Å². The molecule has 0 amide bonds. The number of ether oxygens (including phenoxy) is 2. The van der Waals surface area contributed by atoms with Crippen LogP contribution in [0.5, 0.6) is 0 Å². The molecule has 0 radical (unpaired) electrons. The van der Waals surface area contributed by atoms with E-state index in [1.165, 1.54) is 0 Å². The molecule has 0 aliphatic carbocycles. The second-order valence-electron chi connectivity index (χ2n) is 5.45. The Bertz CT molecular complexity index is 197. The van der Waals surface area contributed by atoms with Crippen molar-refractivity contribution in [2.75, 3.05) is 13.2 Å². The molecular weight excluding hydrogens is 180 g/mol. The fourth-order valence-corrected chi connectivity index (χ4v) is 1.68. The standard InChI is InChI=1S/C11H22O3/c1-9(2,10(3,4)12)8-11(5)13-6-7-14-11/h12H,6-8H2,1-5H3. The highest BCUT2D eigenvalue weighted by atomic mass is 16.7. The molecule has 84 valence electrons. The topological polar surface area (TPSA) is 38.7 Å². The van der Waals surface area contributed by atoms with Crippen molar-refractivity contribution in [3.05, 3.63) is 0 Å². The highest BCUT2D eigenvalue weighted by Gasteiger charge is 2.44. The SMILES string of the molecule is CC1(CC(C)(C)C(C)(C)O)OCCO1. The zero-order chi connectivity index (χ0) is 11.0. The molecule has 14 heavy (non-hydrogen) atoms. The van der Waals surface area contributed by atoms with E-state index >= 15 is 0 Å². The molecule has 1 heterocycles. The van der Waals surface area contributed by atoms with Crippen molar-refractivity contribution >= 4 is 0 Å². The zero-order valence-corrected chi connectivity index (χ0v) is 9.89. The van der Waals surface area contributed by atoms with Gasteiger partial charge in [0, 0.05) is 6.42 Å². The molecule has 0 bridgehead atoms. The predicted octanol–water partition coefficient (Wildman–Crippen LogP) is 1.94. The molecular formula is C11H22O3. The summed E-state index contributed by atoms with van der Waals surface area (Å²) in [6.07, 6.45) is 0.698. The predicted molar refractivity (Wildman–Crippen MR) is 55.0 cm³/mol. The minimum absolute atomic E-state index is 0.230. The van der Waals surface area contributed by atoms with Gasteiger partial charge in [-0.1, -0.05) is 13.8 Å². The van der Waals surface area contributed by atoms with Gasteiger partial charge in [0.15, 0.2) is 5.79 Å². The van der Waals surface area contributed by atoms with Crippen LogP contribution in [0, 0.1) is 5.41 Å². The molecule has 1 saturated heterocycles. The quantitative estimate of drug-likeness (QED) is 0.760. The average molecular weight is 202 g/mol. The molecule has 0 atom stereocenters. The molecule has 1 aliphatic rings. The number of rotatable bonds is 3. The van der Waals surface area contributed by atoms with Crippen molar-refractivity contribution in [1.82, 2.24) is 0 Å². The summed E-state index contributed by atoms with van der Waals surface area (Å²) in [4.78, 5) is 0. The molecule has 1 N–H and O–H groups in total. The Morgan fingerprint density at radius 1 is 1.14 bits per heavy atom. The number of aliphatic hydroxyl groups is 1. The van der Waals surface area contributed by atoms with Crippen molar-refractivity contribution in [2.45, 2.75) is 52.4 Å². The first-order valence-electron chi connectivity index (χ1n) is 5.17. The van der Waals surface area contributed by atoms with E-state index in [0.29, 0.717) is 19.6 Å². The van der Waals surface area contributed by atoms with Crippen molar-refractivity contribution in [1.29, 1.82) is 0 Å². The fourth-order valence-electron chi connectivity index (χ4n) is 1.68. The van der Waals surface area contributed by atoms with Gasteiger partial charge in [0.05, 0.1) is 18.8 Å². The summed E-state index contributed by atoms with van der Waals surface area (Å²) in [6, 6.07) is 0. The van der Waals surface area contributed by atoms with Crippen LogP contribution in [0.4, 0.5) is 0 Å². The molecule has 0 aromatic rings. The third kappa shape index (κ3) is 2.47. The first-order chi connectivity index (χ1) is 6.16. The van der Waals surface area contributed by atoms with E-state index in [-0.39, 0.29) is 5.41 Å². The van der Waals surface area contributed by atoms with Gasteiger partial charge in [-0.25, -0.2) is 0 Å². The van der Waals surface area contributed by atoms with Crippen LogP contribution < -0.4 is 0 Å². The highest BCUT2D eigenvalue weighted by Crippen LogP contribution is 2.40. The second kappa shape index (κ2) is 3.47. The van der Waals surface area contributed by atoms with Crippen LogP contribution in [0.15, 0.2) is 0 Å². The first-order valence-corrected chi connectivity index (χ1v) is 5.17. The number of hydrogen-bond acceptors (Lipinski definition) is 3. The molecule has 1 rings (SSSR count). The Labute approximate surface area is 86.4 Å². The monoisotopic (exact) mass is 202 g/mol. The average Bonchev–Trinajstić information content (AvgIpc) is 2.31. The summed E-state index contributed by atoms with van der Waals surface area (Å²) in [5.41, 5.74) is -0.961. The molecule has 0 aromatic carbocycles. The lowest BCUT2D eigenvalue weighted by molar-refractivity contribution is -0.185. The summed E-state index contributed by atoms with van der Waals surface area (Å²) >= 11 is 0. The van der Waals surface area contributed by atoms with E-state index < -0.39 is 11.4 Å². The molecule has 0 saturated carbocycles. The van der Waals surface area contributed by atoms with E-state index in [2.05, 4.69) is 0 Å². The van der Waals surface area contributed by atoms with Crippen LogP contribution in [-0.4, -0.2) is 29.7 Å².